The van der Waals surface area contributed by atoms with Crippen molar-refractivity contribution in [1.29, 1.82) is 0 Å². The molecule has 1 aromatic carbocycles. The van der Waals surface area contributed by atoms with Gasteiger partial charge in [-0.2, -0.15) is 0 Å². The number of aliphatic carboxylic acids is 1. The number of carboxylic acid groups (broad SMARTS) is 1. The molecule has 6 nitrogen and oxygen atoms in total. The molecule has 2 N–H and O–H groups in total. The summed E-state index contributed by atoms with van der Waals surface area (Å²) in [5.74, 6) is -1.05. The second-order valence-corrected chi connectivity index (χ2v) is 5.35. The van der Waals surface area contributed by atoms with Crippen LogP contribution < -0.4 is 5.32 Å². The third-order valence-electron chi connectivity index (χ3n) is 3.54. The molecule has 0 bridgehead atoms. The first-order valence-electron chi connectivity index (χ1n) is 6.86. The quantitative estimate of drug-likeness (QED) is 0.873. The lowest BCUT2D eigenvalue weighted by Crippen LogP contribution is -2.50. The van der Waals surface area contributed by atoms with Crippen LogP contribution in [0, 0.1) is 20.8 Å². The zero-order valence-corrected chi connectivity index (χ0v) is 12.5. The van der Waals surface area contributed by atoms with Crippen LogP contribution >= 0.6 is 0 Å². The number of nitrogens with one attached hydrogen (secondary N) is 1. The maximum Gasteiger partial charge on any atom is 0.334 e. The third kappa shape index (κ3) is 3.52. The van der Waals surface area contributed by atoms with Gasteiger partial charge in [-0.05, 0) is 31.9 Å². The molecule has 2 amide bonds. The van der Waals surface area contributed by atoms with E-state index in [-0.39, 0.29) is 19.2 Å². The Bertz CT molecular complexity index is 548. The summed E-state index contributed by atoms with van der Waals surface area (Å²) in [7, 11) is 0. The lowest BCUT2D eigenvalue weighted by atomic mass is 10.1. The number of aryl methyl sites for hydroxylation is 3. The predicted octanol–water partition coefficient (Wildman–Crippen LogP) is 1.93. The van der Waals surface area contributed by atoms with Crippen molar-refractivity contribution in [3.63, 3.8) is 0 Å². The number of hydrogen-bond donors (Lipinski definition) is 2. The number of nitrogens with zero attached hydrogens (tertiary/aromatic N) is 1. The highest BCUT2D eigenvalue weighted by Gasteiger charge is 2.29. The van der Waals surface area contributed by atoms with E-state index in [0.29, 0.717) is 6.54 Å². The van der Waals surface area contributed by atoms with E-state index in [0.717, 1.165) is 22.4 Å². The fraction of sp³-hybridized carbons (Fsp3) is 0.467. The van der Waals surface area contributed by atoms with E-state index in [1.807, 2.05) is 32.9 Å². The number of carboxylic acids is 1. The molecule has 2 rings (SSSR count). The number of amides is 2. The Balaban J connectivity index is 2.10. The molecule has 0 saturated carbocycles. The van der Waals surface area contributed by atoms with Crippen LogP contribution in [0.25, 0.3) is 0 Å². The first kappa shape index (κ1) is 15.3. The van der Waals surface area contributed by atoms with Gasteiger partial charge in [0.25, 0.3) is 0 Å². The van der Waals surface area contributed by atoms with Crippen LogP contribution in [-0.2, 0) is 9.53 Å². The maximum absolute atomic E-state index is 12.3. The third-order valence-corrected chi connectivity index (χ3v) is 3.54. The van der Waals surface area contributed by atoms with E-state index in [4.69, 9.17) is 9.84 Å². The topological polar surface area (TPSA) is 78.9 Å². The number of carbonyl (C=O) groups excluding carboxylic acids is 1. The van der Waals surface area contributed by atoms with Gasteiger partial charge in [-0.1, -0.05) is 17.7 Å². The van der Waals surface area contributed by atoms with Crippen molar-refractivity contribution in [1.82, 2.24) is 4.90 Å². The minimum atomic E-state index is -1.05. The van der Waals surface area contributed by atoms with E-state index < -0.39 is 12.1 Å². The Morgan fingerprint density at radius 3 is 2.48 bits per heavy atom. The van der Waals surface area contributed by atoms with Crippen molar-refractivity contribution in [2.75, 3.05) is 25.0 Å². The molecule has 1 aliphatic rings. The summed E-state index contributed by atoms with van der Waals surface area (Å²) in [6.45, 7) is 6.57. The minimum Gasteiger partial charge on any atom is -0.479 e. The monoisotopic (exact) mass is 292 g/mol. The average Bonchev–Trinajstić information content (AvgIpc) is 2.42. The van der Waals surface area contributed by atoms with Crippen LogP contribution in [0.5, 0.6) is 0 Å². The first-order valence-corrected chi connectivity index (χ1v) is 6.86. The van der Waals surface area contributed by atoms with E-state index in [2.05, 4.69) is 5.32 Å². The van der Waals surface area contributed by atoms with Crippen LogP contribution in [0.1, 0.15) is 16.7 Å². The zero-order chi connectivity index (χ0) is 15.6. The number of benzene rings is 1. The Hall–Kier alpha value is -2.08. The van der Waals surface area contributed by atoms with E-state index in [1.54, 1.807) is 0 Å². The summed E-state index contributed by atoms with van der Waals surface area (Å²) in [5.41, 5.74) is 3.90. The van der Waals surface area contributed by atoms with Crippen molar-refractivity contribution in [2.24, 2.45) is 0 Å². The second kappa shape index (κ2) is 6.13. The molecular weight excluding hydrogens is 272 g/mol. The van der Waals surface area contributed by atoms with Crippen molar-refractivity contribution in [3.8, 4) is 0 Å². The van der Waals surface area contributed by atoms with Crippen LogP contribution in [0.3, 0.4) is 0 Å². The molecular formula is C15H20N2O4. The van der Waals surface area contributed by atoms with Crippen LogP contribution in [0.2, 0.25) is 0 Å². The Morgan fingerprint density at radius 2 is 1.90 bits per heavy atom. The Labute approximate surface area is 123 Å². The van der Waals surface area contributed by atoms with Gasteiger partial charge in [-0.15, -0.1) is 0 Å². The standard InChI is InChI=1S/C15H20N2O4/c1-9-6-10(2)13(11(3)7-9)16-15(20)17-4-5-21-12(8-17)14(18)19/h6-7,12H,4-5,8H2,1-3H3,(H,16,20)(H,18,19). The molecule has 1 aromatic rings. The van der Waals surface area contributed by atoms with Gasteiger partial charge < -0.3 is 20.1 Å². The summed E-state index contributed by atoms with van der Waals surface area (Å²) in [4.78, 5) is 24.7. The number of morpholine rings is 1. The number of urea groups is 1. The van der Waals surface area contributed by atoms with Gasteiger partial charge in [-0.25, -0.2) is 9.59 Å². The van der Waals surface area contributed by atoms with E-state index in [1.165, 1.54) is 4.90 Å². The number of anilines is 1. The zero-order valence-electron chi connectivity index (χ0n) is 12.5. The normalized spacial score (nSPS) is 18.4. The molecule has 21 heavy (non-hydrogen) atoms. The van der Waals surface area contributed by atoms with Crippen molar-refractivity contribution >= 4 is 17.7 Å². The van der Waals surface area contributed by atoms with Gasteiger partial charge in [0.05, 0.1) is 13.2 Å². The lowest BCUT2D eigenvalue weighted by molar-refractivity contribution is -0.154. The van der Waals surface area contributed by atoms with Crippen LogP contribution in [0.4, 0.5) is 10.5 Å². The highest BCUT2D eigenvalue weighted by molar-refractivity contribution is 5.91. The first-order chi connectivity index (χ1) is 9.88. The molecule has 0 radical (unpaired) electrons. The Kier molecular flexibility index (Phi) is 4.47. The summed E-state index contributed by atoms with van der Waals surface area (Å²) in [5, 5.41) is 11.8. The van der Waals surface area contributed by atoms with Gasteiger partial charge in [0, 0.05) is 12.2 Å². The lowest BCUT2D eigenvalue weighted by Gasteiger charge is -2.31. The smallest absolute Gasteiger partial charge is 0.334 e. The fourth-order valence-corrected chi connectivity index (χ4v) is 2.55. The highest BCUT2D eigenvalue weighted by atomic mass is 16.5. The van der Waals surface area contributed by atoms with Crippen molar-refractivity contribution in [2.45, 2.75) is 26.9 Å². The van der Waals surface area contributed by atoms with E-state index in [9.17, 15) is 9.59 Å². The minimum absolute atomic E-state index is 0.0606. The largest absolute Gasteiger partial charge is 0.479 e. The molecule has 0 spiro atoms. The van der Waals surface area contributed by atoms with Crippen molar-refractivity contribution < 1.29 is 19.4 Å². The summed E-state index contributed by atoms with van der Waals surface area (Å²) in [6, 6.07) is 3.71. The average molecular weight is 292 g/mol. The molecule has 1 fully saturated rings. The maximum atomic E-state index is 12.3. The number of ether oxygens (including phenoxy) is 1. The van der Waals surface area contributed by atoms with Crippen LogP contribution in [-0.4, -0.2) is 47.8 Å². The molecule has 1 saturated heterocycles. The molecule has 1 unspecified atom stereocenters. The van der Waals surface area contributed by atoms with Crippen LogP contribution in [0.15, 0.2) is 12.1 Å². The predicted molar refractivity (Wildman–Crippen MR) is 78.6 cm³/mol. The van der Waals surface area contributed by atoms with Gasteiger partial charge in [0.2, 0.25) is 0 Å². The molecule has 114 valence electrons. The van der Waals surface area contributed by atoms with Gasteiger partial charge in [-0.3, -0.25) is 0 Å². The summed E-state index contributed by atoms with van der Waals surface area (Å²) < 4.78 is 5.11. The fourth-order valence-electron chi connectivity index (χ4n) is 2.55. The Morgan fingerprint density at radius 1 is 1.29 bits per heavy atom. The second-order valence-electron chi connectivity index (χ2n) is 5.35. The molecule has 0 aromatic heterocycles. The molecule has 1 atom stereocenters. The van der Waals surface area contributed by atoms with Crippen molar-refractivity contribution in [3.05, 3.63) is 28.8 Å². The molecule has 1 heterocycles. The van der Waals surface area contributed by atoms with Gasteiger partial charge in [0.15, 0.2) is 6.10 Å². The number of carbonyl (C=O) groups is 2. The van der Waals surface area contributed by atoms with Gasteiger partial charge >= 0.3 is 12.0 Å². The summed E-state index contributed by atoms with van der Waals surface area (Å²) in [6.07, 6.45) is -0.954. The molecule has 0 aliphatic carbocycles. The molecule has 1 aliphatic heterocycles. The van der Waals surface area contributed by atoms with Gasteiger partial charge in [0.1, 0.15) is 0 Å². The number of hydrogen-bond acceptors (Lipinski definition) is 3. The SMILES string of the molecule is Cc1cc(C)c(NC(=O)N2CCOC(C(=O)O)C2)c(C)c1. The highest BCUT2D eigenvalue weighted by Crippen LogP contribution is 2.22. The van der Waals surface area contributed by atoms with E-state index >= 15 is 0 Å². The number of rotatable bonds is 2. The molecule has 6 heteroatoms. The summed E-state index contributed by atoms with van der Waals surface area (Å²) >= 11 is 0.